The van der Waals surface area contributed by atoms with E-state index in [0.29, 0.717) is 11.3 Å². The van der Waals surface area contributed by atoms with Gasteiger partial charge in [-0.1, -0.05) is 48.5 Å². The van der Waals surface area contributed by atoms with Gasteiger partial charge in [-0.2, -0.15) is 0 Å². The van der Waals surface area contributed by atoms with Crippen LogP contribution in [0.5, 0.6) is 0 Å². The van der Waals surface area contributed by atoms with Crippen molar-refractivity contribution in [2.24, 2.45) is 16.7 Å². The predicted octanol–water partition coefficient (Wildman–Crippen LogP) is 3.47. The zero-order chi connectivity index (χ0) is 10.9. The summed E-state index contributed by atoms with van der Waals surface area (Å²) in [7, 11) is 0. The molecule has 1 nitrogen and oxygen atoms in total. The van der Waals surface area contributed by atoms with Crippen LogP contribution >= 0.6 is 0 Å². The Labute approximate surface area is 83.5 Å². The van der Waals surface area contributed by atoms with E-state index in [2.05, 4.69) is 48.5 Å². The maximum Gasteiger partial charge on any atom is 0.0614 e. The Morgan fingerprint density at radius 1 is 1.00 bits per heavy atom. The molecule has 0 heterocycles. The highest BCUT2D eigenvalue weighted by atomic mass is 16.3. The molecule has 0 aliphatic heterocycles. The van der Waals surface area contributed by atoms with Crippen molar-refractivity contribution in [3.05, 3.63) is 0 Å². The third kappa shape index (κ3) is 5.30. The highest BCUT2D eigenvalue weighted by Crippen LogP contribution is 2.32. The van der Waals surface area contributed by atoms with E-state index in [1.807, 2.05) is 0 Å². The van der Waals surface area contributed by atoms with Crippen molar-refractivity contribution in [1.82, 2.24) is 0 Å². The van der Waals surface area contributed by atoms with Crippen LogP contribution in [0.2, 0.25) is 0 Å². The largest absolute Gasteiger partial charge is 0.392 e. The number of hydrogen-bond donors (Lipinski definition) is 1. The molecule has 0 radical (unpaired) electrons. The summed E-state index contributed by atoms with van der Waals surface area (Å²) in [5, 5.41) is 10.0. The SMILES string of the molecule is CC(CC(C)(C)C)C(O)C(C)(C)C. The molecule has 1 N–H and O–H groups in total. The van der Waals surface area contributed by atoms with Gasteiger partial charge in [0.2, 0.25) is 0 Å². The van der Waals surface area contributed by atoms with Crippen LogP contribution < -0.4 is 0 Å². The summed E-state index contributed by atoms with van der Waals surface area (Å²) in [5.41, 5.74) is 0.316. The van der Waals surface area contributed by atoms with Gasteiger partial charge in [-0.05, 0) is 23.2 Å². The van der Waals surface area contributed by atoms with Crippen LogP contribution in [0, 0.1) is 16.7 Å². The third-order valence-corrected chi connectivity index (χ3v) is 2.36. The van der Waals surface area contributed by atoms with Crippen molar-refractivity contribution in [2.75, 3.05) is 0 Å². The first-order valence-corrected chi connectivity index (χ1v) is 5.22. The highest BCUT2D eigenvalue weighted by Gasteiger charge is 2.29. The van der Waals surface area contributed by atoms with Gasteiger partial charge in [-0.25, -0.2) is 0 Å². The van der Waals surface area contributed by atoms with Crippen molar-refractivity contribution in [3.63, 3.8) is 0 Å². The fourth-order valence-corrected chi connectivity index (χ4v) is 1.93. The Morgan fingerprint density at radius 3 is 1.62 bits per heavy atom. The van der Waals surface area contributed by atoms with Crippen molar-refractivity contribution in [2.45, 2.75) is 61.0 Å². The molecule has 0 spiro atoms. The summed E-state index contributed by atoms with van der Waals surface area (Å²) in [5.74, 6) is 0.375. The maximum absolute atomic E-state index is 10.0. The molecule has 0 bridgehead atoms. The lowest BCUT2D eigenvalue weighted by Crippen LogP contribution is -2.34. The van der Waals surface area contributed by atoms with Crippen LogP contribution in [0.1, 0.15) is 54.9 Å². The summed E-state index contributed by atoms with van der Waals surface area (Å²) < 4.78 is 0. The molecule has 13 heavy (non-hydrogen) atoms. The van der Waals surface area contributed by atoms with Gasteiger partial charge in [0.15, 0.2) is 0 Å². The summed E-state index contributed by atoms with van der Waals surface area (Å²) in [4.78, 5) is 0. The minimum absolute atomic E-state index is 0.00463. The molecule has 0 fully saturated rings. The van der Waals surface area contributed by atoms with Crippen LogP contribution in [-0.2, 0) is 0 Å². The van der Waals surface area contributed by atoms with Crippen LogP contribution in [0.3, 0.4) is 0 Å². The van der Waals surface area contributed by atoms with Gasteiger partial charge in [0, 0.05) is 0 Å². The van der Waals surface area contributed by atoms with Crippen LogP contribution in [-0.4, -0.2) is 11.2 Å². The lowest BCUT2D eigenvalue weighted by atomic mass is 9.75. The molecule has 0 saturated carbocycles. The monoisotopic (exact) mass is 186 g/mol. The van der Waals surface area contributed by atoms with Gasteiger partial charge in [-0.3, -0.25) is 0 Å². The Hall–Kier alpha value is -0.0400. The van der Waals surface area contributed by atoms with E-state index in [4.69, 9.17) is 0 Å². The van der Waals surface area contributed by atoms with Crippen molar-refractivity contribution in [1.29, 1.82) is 0 Å². The summed E-state index contributed by atoms with van der Waals surface area (Å²) >= 11 is 0. The van der Waals surface area contributed by atoms with E-state index in [0.717, 1.165) is 6.42 Å². The first-order chi connectivity index (χ1) is 5.54. The number of rotatable bonds is 2. The van der Waals surface area contributed by atoms with Gasteiger partial charge in [0.05, 0.1) is 6.10 Å². The quantitative estimate of drug-likeness (QED) is 0.700. The van der Waals surface area contributed by atoms with E-state index in [9.17, 15) is 5.11 Å². The second kappa shape index (κ2) is 4.00. The van der Waals surface area contributed by atoms with Gasteiger partial charge < -0.3 is 5.11 Å². The first-order valence-electron chi connectivity index (χ1n) is 5.22. The second-order valence-electron chi connectivity index (χ2n) is 6.55. The number of hydrogen-bond acceptors (Lipinski definition) is 1. The molecular weight excluding hydrogens is 160 g/mol. The topological polar surface area (TPSA) is 20.2 Å². The Kier molecular flexibility index (Phi) is 3.98. The molecule has 0 aliphatic carbocycles. The van der Waals surface area contributed by atoms with E-state index < -0.39 is 0 Å². The summed E-state index contributed by atoms with van der Waals surface area (Å²) in [6.07, 6.45) is 0.873. The fraction of sp³-hybridized carbons (Fsp3) is 1.00. The van der Waals surface area contributed by atoms with Crippen LogP contribution in [0.15, 0.2) is 0 Å². The molecule has 0 aromatic carbocycles. The zero-order valence-electron chi connectivity index (χ0n) is 10.3. The van der Waals surface area contributed by atoms with Gasteiger partial charge >= 0.3 is 0 Å². The Morgan fingerprint density at radius 2 is 1.38 bits per heavy atom. The minimum Gasteiger partial charge on any atom is -0.392 e. The average Bonchev–Trinajstić information content (AvgIpc) is 1.79. The summed E-state index contributed by atoms with van der Waals surface area (Å²) in [6.45, 7) is 15.1. The molecule has 2 unspecified atom stereocenters. The standard InChI is InChI=1S/C12H26O/c1-9(8-11(2,3)4)10(13)12(5,6)7/h9-10,13H,8H2,1-7H3. The molecule has 0 aliphatic rings. The Bertz CT molecular complexity index is 147. The van der Waals surface area contributed by atoms with Gasteiger partial charge in [0.1, 0.15) is 0 Å². The summed E-state index contributed by atoms with van der Waals surface area (Å²) in [6, 6.07) is 0. The molecule has 1 heteroatoms. The molecule has 0 rings (SSSR count). The zero-order valence-corrected chi connectivity index (χ0v) is 10.3. The van der Waals surface area contributed by atoms with Crippen molar-refractivity contribution in [3.8, 4) is 0 Å². The van der Waals surface area contributed by atoms with Crippen molar-refractivity contribution < 1.29 is 5.11 Å². The predicted molar refractivity (Wildman–Crippen MR) is 58.7 cm³/mol. The lowest BCUT2D eigenvalue weighted by molar-refractivity contribution is 0.00416. The number of aliphatic hydroxyl groups excluding tert-OH is 1. The average molecular weight is 186 g/mol. The van der Waals surface area contributed by atoms with E-state index in [1.165, 1.54) is 0 Å². The van der Waals surface area contributed by atoms with E-state index in [-0.39, 0.29) is 11.5 Å². The van der Waals surface area contributed by atoms with E-state index in [1.54, 1.807) is 0 Å². The normalized spacial score (nSPS) is 18.5. The maximum atomic E-state index is 10.0. The molecule has 0 amide bonds. The van der Waals surface area contributed by atoms with Gasteiger partial charge in [0.25, 0.3) is 0 Å². The molecule has 0 saturated heterocycles. The smallest absolute Gasteiger partial charge is 0.0614 e. The first kappa shape index (κ1) is 13.0. The molecule has 2 atom stereocenters. The molecule has 80 valence electrons. The van der Waals surface area contributed by atoms with Crippen LogP contribution in [0.4, 0.5) is 0 Å². The molecule has 0 aromatic heterocycles. The second-order valence-corrected chi connectivity index (χ2v) is 6.55. The van der Waals surface area contributed by atoms with Crippen molar-refractivity contribution >= 4 is 0 Å². The van der Waals surface area contributed by atoms with E-state index >= 15 is 0 Å². The van der Waals surface area contributed by atoms with Crippen LogP contribution in [0.25, 0.3) is 0 Å². The molecule has 0 aromatic rings. The van der Waals surface area contributed by atoms with Gasteiger partial charge in [-0.15, -0.1) is 0 Å². The third-order valence-electron chi connectivity index (χ3n) is 2.36. The Balaban J connectivity index is 4.20. The molecular formula is C12H26O. The lowest BCUT2D eigenvalue weighted by Gasteiger charge is -2.34. The fourth-order valence-electron chi connectivity index (χ4n) is 1.93. The highest BCUT2D eigenvalue weighted by molar-refractivity contribution is 4.80. The minimum atomic E-state index is -0.202. The number of aliphatic hydroxyl groups is 1.